The van der Waals surface area contributed by atoms with Gasteiger partial charge in [-0.1, -0.05) is 85.5 Å². The quantitative estimate of drug-likeness (QED) is 0.251. The van der Waals surface area contributed by atoms with E-state index >= 15 is 0 Å². The lowest BCUT2D eigenvalue weighted by molar-refractivity contribution is -0.705. The molecule has 1 rings (SSSR count). The summed E-state index contributed by atoms with van der Waals surface area (Å²) in [7, 11) is 0. The molecule has 0 saturated heterocycles. The van der Waals surface area contributed by atoms with Crippen molar-refractivity contribution in [1.82, 2.24) is 4.57 Å². The summed E-state index contributed by atoms with van der Waals surface area (Å²) >= 11 is 0. The summed E-state index contributed by atoms with van der Waals surface area (Å²) < 4.78 is 4.98. The van der Waals surface area contributed by atoms with Crippen LogP contribution in [0.3, 0.4) is 0 Å². The first-order valence-electron chi connectivity index (χ1n) is 10.8. The SMILES string of the molecule is CCCCCCCCCCCC[n+]1ccn(CCCC)c1C(C)C. The van der Waals surface area contributed by atoms with E-state index in [1.54, 1.807) is 0 Å². The van der Waals surface area contributed by atoms with Crippen molar-refractivity contribution in [3.63, 3.8) is 0 Å². The Morgan fingerprint density at radius 2 is 1.33 bits per heavy atom. The van der Waals surface area contributed by atoms with E-state index in [0.29, 0.717) is 5.92 Å². The van der Waals surface area contributed by atoms with E-state index < -0.39 is 0 Å². The lowest BCUT2D eigenvalue weighted by Crippen LogP contribution is -2.38. The standard InChI is InChI=1S/C22H43N2/c1-5-7-9-10-11-12-13-14-15-16-18-24-20-19-23(17-8-6-2)22(24)21(3)4/h19-21H,5-18H2,1-4H3/q+1. The van der Waals surface area contributed by atoms with E-state index in [9.17, 15) is 0 Å². The third kappa shape index (κ3) is 8.35. The van der Waals surface area contributed by atoms with Crippen LogP contribution in [0.1, 0.15) is 116 Å². The Morgan fingerprint density at radius 3 is 1.88 bits per heavy atom. The average molecular weight is 336 g/mol. The summed E-state index contributed by atoms with van der Waals surface area (Å²) in [6.07, 6.45) is 21.3. The molecule has 0 amide bonds. The second-order valence-electron chi connectivity index (χ2n) is 7.73. The fraction of sp³-hybridized carbons (Fsp3) is 0.864. The van der Waals surface area contributed by atoms with Crippen LogP contribution >= 0.6 is 0 Å². The molecule has 1 heterocycles. The highest BCUT2D eigenvalue weighted by Gasteiger charge is 2.19. The highest BCUT2D eigenvalue weighted by molar-refractivity contribution is 4.89. The minimum Gasteiger partial charge on any atom is -0.234 e. The minimum absolute atomic E-state index is 0.611. The first-order valence-corrected chi connectivity index (χ1v) is 10.8. The molecule has 0 atom stereocenters. The third-order valence-corrected chi connectivity index (χ3v) is 5.04. The van der Waals surface area contributed by atoms with Gasteiger partial charge in [0.2, 0.25) is 0 Å². The highest BCUT2D eigenvalue weighted by Crippen LogP contribution is 2.13. The van der Waals surface area contributed by atoms with Crippen LogP contribution in [-0.4, -0.2) is 4.57 Å². The van der Waals surface area contributed by atoms with Crippen LogP contribution in [0.5, 0.6) is 0 Å². The molecule has 0 saturated carbocycles. The molecule has 0 aromatic carbocycles. The molecule has 140 valence electrons. The number of nitrogens with zero attached hydrogens (tertiary/aromatic N) is 2. The first kappa shape index (κ1) is 21.3. The summed E-state index contributed by atoms with van der Waals surface area (Å²) in [5.41, 5.74) is 0. The molecule has 2 nitrogen and oxygen atoms in total. The van der Waals surface area contributed by atoms with Gasteiger partial charge in [0.25, 0.3) is 5.82 Å². The van der Waals surface area contributed by atoms with Gasteiger partial charge in [-0.2, -0.15) is 0 Å². The van der Waals surface area contributed by atoms with Gasteiger partial charge in [-0.05, 0) is 19.3 Å². The molecule has 0 aliphatic heterocycles. The van der Waals surface area contributed by atoms with Crippen molar-refractivity contribution in [1.29, 1.82) is 0 Å². The Hall–Kier alpha value is -0.790. The first-order chi connectivity index (χ1) is 11.7. The number of aromatic nitrogens is 2. The van der Waals surface area contributed by atoms with Gasteiger partial charge in [0, 0.05) is 0 Å². The van der Waals surface area contributed by atoms with Crippen LogP contribution in [0.15, 0.2) is 12.4 Å². The van der Waals surface area contributed by atoms with Crippen molar-refractivity contribution in [3.8, 4) is 0 Å². The van der Waals surface area contributed by atoms with Gasteiger partial charge in [-0.3, -0.25) is 0 Å². The lowest BCUT2D eigenvalue weighted by atomic mass is 10.1. The number of aryl methyl sites for hydroxylation is 2. The molecule has 0 unspecified atom stereocenters. The van der Waals surface area contributed by atoms with Crippen LogP contribution in [-0.2, 0) is 13.1 Å². The van der Waals surface area contributed by atoms with E-state index in [1.807, 2.05) is 0 Å². The van der Waals surface area contributed by atoms with E-state index in [0.717, 1.165) is 0 Å². The van der Waals surface area contributed by atoms with E-state index in [1.165, 1.54) is 96.0 Å². The Labute approximate surface area is 151 Å². The van der Waals surface area contributed by atoms with E-state index in [-0.39, 0.29) is 0 Å². The van der Waals surface area contributed by atoms with Crippen LogP contribution in [0.4, 0.5) is 0 Å². The third-order valence-electron chi connectivity index (χ3n) is 5.04. The van der Waals surface area contributed by atoms with Gasteiger partial charge < -0.3 is 0 Å². The molecule has 0 N–H and O–H groups in total. The van der Waals surface area contributed by atoms with Gasteiger partial charge in [0.05, 0.1) is 19.0 Å². The molecule has 0 bridgehead atoms. The molecule has 0 aliphatic carbocycles. The van der Waals surface area contributed by atoms with Gasteiger partial charge in [0.15, 0.2) is 0 Å². The van der Waals surface area contributed by atoms with Crippen LogP contribution in [0.25, 0.3) is 0 Å². The van der Waals surface area contributed by atoms with Crippen LogP contribution < -0.4 is 4.57 Å². The molecular formula is C22H43N2+. The predicted molar refractivity (Wildman–Crippen MR) is 105 cm³/mol. The number of rotatable bonds is 15. The summed E-state index contributed by atoms with van der Waals surface area (Å²) in [6.45, 7) is 11.6. The molecule has 0 spiro atoms. The molecular weight excluding hydrogens is 292 g/mol. The zero-order valence-corrected chi connectivity index (χ0v) is 17.0. The molecule has 1 aromatic heterocycles. The van der Waals surface area contributed by atoms with Gasteiger partial charge >= 0.3 is 0 Å². The number of unbranched alkanes of at least 4 members (excludes halogenated alkanes) is 10. The number of hydrogen-bond acceptors (Lipinski definition) is 0. The van der Waals surface area contributed by atoms with Gasteiger partial charge in [0.1, 0.15) is 12.4 Å². The fourth-order valence-corrected chi connectivity index (χ4v) is 3.62. The molecule has 2 heteroatoms. The largest absolute Gasteiger partial charge is 0.258 e. The zero-order chi connectivity index (χ0) is 17.6. The van der Waals surface area contributed by atoms with Gasteiger partial charge in [-0.15, -0.1) is 0 Å². The minimum atomic E-state index is 0.611. The molecule has 1 aromatic rings. The maximum Gasteiger partial charge on any atom is 0.258 e. The molecule has 24 heavy (non-hydrogen) atoms. The molecule has 0 fully saturated rings. The van der Waals surface area contributed by atoms with Crippen molar-refractivity contribution >= 4 is 0 Å². The molecule has 0 aliphatic rings. The lowest BCUT2D eigenvalue weighted by Gasteiger charge is -2.08. The van der Waals surface area contributed by atoms with Crippen molar-refractivity contribution < 1.29 is 4.57 Å². The Morgan fingerprint density at radius 1 is 0.792 bits per heavy atom. The molecule has 0 radical (unpaired) electrons. The maximum atomic E-state index is 2.51. The van der Waals surface area contributed by atoms with Crippen LogP contribution in [0, 0.1) is 0 Å². The van der Waals surface area contributed by atoms with Crippen molar-refractivity contribution in [2.24, 2.45) is 0 Å². The summed E-state index contributed by atoms with van der Waals surface area (Å²) in [5, 5.41) is 0. The van der Waals surface area contributed by atoms with Gasteiger partial charge in [-0.25, -0.2) is 9.13 Å². The number of imidazole rings is 1. The smallest absolute Gasteiger partial charge is 0.234 e. The monoisotopic (exact) mass is 335 g/mol. The van der Waals surface area contributed by atoms with E-state index in [4.69, 9.17) is 0 Å². The normalized spacial score (nSPS) is 11.5. The Bertz CT molecular complexity index is 406. The zero-order valence-electron chi connectivity index (χ0n) is 17.0. The second kappa shape index (κ2) is 13.5. The maximum absolute atomic E-state index is 2.51. The summed E-state index contributed by atoms with van der Waals surface area (Å²) in [6, 6.07) is 0. The Kier molecular flexibility index (Phi) is 12.0. The average Bonchev–Trinajstić information content (AvgIpc) is 2.97. The van der Waals surface area contributed by atoms with Crippen molar-refractivity contribution in [3.05, 3.63) is 18.2 Å². The Balaban J connectivity index is 2.19. The highest BCUT2D eigenvalue weighted by atomic mass is 15.1. The van der Waals surface area contributed by atoms with Crippen molar-refractivity contribution in [2.75, 3.05) is 0 Å². The number of hydrogen-bond donors (Lipinski definition) is 0. The summed E-state index contributed by atoms with van der Waals surface area (Å²) in [5.74, 6) is 2.12. The van der Waals surface area contributed by atoms with Crippen LogP contribution in [0.2, 0.25) is 0 Å². The fourth-order valence-electron chi connectivity index (χ4n) is 3.62. The predicted octanol–water partition coefficient (Wildman–Crippen LogP) is 6.62. The topological polar surface area (TPSA) is 8.81 Å². The van der Waals surface area contributed by atoms with E-state index in [2.05, 4.69) is 49.2 Å². The van der Waals surface area contributed by atoms with Crippen molar-refractivity contribution in [2.45, 2.75) is 124 Å². The second-order valence-corrected chi connectivity index (χ2v) is 7.73. The summed E-state index contributed by atoms with van der Waals surface area (Å²) in [4.78, 5) is 0.